The quantitative estimate of drug-likeness (QED) is 0.489. The van der Waals surface area contributed by atoms with E-state index < -0.39 is 0 Å². The number of fused-ring (bicyclic) bond motifs is 3. The number of hydrogen-bond acceptors (Lipinski definition) is 5. The Morgan fingerprint density at radius 2 is 2.00 bits per heavy atom. The fourth-order valence-corrected chi connectivity index (χ4v) is 5.48. The van der Waals surface area contributed by atoms with E-state index in [9.17, 15) is 9.59 Å². The molecule has 4 aromatic rings. The van der Waals surface area contributed by atoms with Gasteiger partial charge in [0.05, 0.1) is 28.2 Å². The van der Waals surface area contributed by atoms with Gasteiger partial charge in [-0.15, -0.1) is 11.3 Å². The van der Waals surface area contributed by atoms with Crippen LogP contribution in [0.15, 0.2) is 27.2 Å². The van der Waals surface area contributed by atoms with E-state index in [0.29, 0.717) is 16.1 Å². The highest BCUT2D eigenvalue weighted by Crippen LogP contribution is 2.43. The molecule has 1 atom stereocenters. The molecule has 0 aliphatic carbocycles. The highest BCUT2D eigenvalue weighted by Gasteiger charge is 2.34. The number of nitrogens with zero attached hydrogens (tertiary/aromatic N) is 6. The van der Waals surface area contributed by atoms with E-state index in [2.05, 4.69) is 14.6 Å². The van der Waals surface area contributed by atoms with E-state index in [4.69, 9.17) is 11.6 Å². The molecule has 0 radical (unpaired) electrons. The second-order valence-electron chi connectivity index (χ2n) is 7.39. The predicted molar refractivity (Wildman–Crippen MR) is 113 cm³/mol. The maximum Gasteiger partial charge on any atom is 0.331 e. The predicted octanol–water partition coefficient (Wildman–Crippen LogP) is 2.47. The zero-order chi connectivity index (χ0) is 20.4. The minimum atomic E-state index is -0.343. The molecule has 1 unspecified atom stereocenters. The van der Waals surface area contributed by atoms with Crippen molar-refractivity contribution >= 4 is 33.8 Å². The van der Waals surface area contributed by atoms with Crippen LogP contribution in [-0.2, 0) is 27.7 Å². The Bertz CT molecular complexity index is 1390. The molecule has 150 valence electrons. The molecule has 0 spiro atoms. The highest BCUT2D eigenvalue weighted by atomic mass is 35.5. The summed E-state index contributed by atoms with van der Waals surface area (Å²) in [6.45, 7) is 0.753. The first-order chi connectivity index (χ1) is 13.9. The van der Waals surface area contributed by atoms with Crippen LogP contribution in [-0.4, -0.2) is 28.5 Å². The molecule has 29 heavy (non-hydrogen) atoms. The summed E-state index contributed by atoms with van der Waals surface area (Å²) in [6.07, 6.45) is 3.67. The van der Waals surface area contributed by atoms with E-state index in [-0.39, 0.29) is 17.2 Å². The Morgan fingerprint density at radius 1 is 1.21 bits per heavy atom. The Hall–Kier alpha value is -2.65. The molecule has 5 rings (SSSR count). The summed E-state index contributed by atoms with van der Waals surface area (Å²) < 4.78 is 6.60. The van der Waals surface area contributed by atoms with Gasteiger partial charge in [-0.3, -0.25) is 18.6 Å². The summed E-state index contributed by atoms with van der Waals surface area (Å²) >= 11 is 7.61. The Balaban J connectivity index is 1.96. The topological polar surface area (TPSA) is 79.6 Å². The van der Waals surface area contributed by atoms with Gasteiger partial charge in [0, 0.05) is 39.3 Å². The van der Waals surface area contributed by atoms with Crippen LogP contribution in [0.1, 0.15) is 29.5 Å². The third-order valence-corrected chi connectivity index (χ3v) is 6.94. The van der Waals surface area contributed by atoms with Gasteiger partial charge in [0.15, 0.2) is 0 Å². The van der Waals surface area contributed by atoms with Crippen LogP contribution in [0.3, 0.4) is 0 Å². The summed E-state index contributed by atoms with van der Waals surface area (Å²) in [6, 6.07) is 1.90. The molecule has 0 fully saturated rings. The molecule has 1 aliphatic heterocycles. The maximum absolute atomic E-state index is 13.2. The Morgan fingerprint density at radius 3 is 2.66 bits per heavy atom. The molecule has 8 nitrogen and oxygen atoms in total. The molecular weight excluding hydrogens is 412 g/mol. The molecule has 0 amide bonds. The van der Waals surface area contributed by atoms with Crippen molar-refractivity contribution in [1.29, 1.82) is 0 Å². The van der Waals surface area contributed by atoms with Gasteiger partial charge in [0.1, 0.15) is 15.9 Å². The summed E-state index contributed by atoms with van der Waals surface area (Å²) in [5.74, 6) is -0.0288. The van der Waals surface area contributed by atoms with Crippen LogP contribution in [0.4, 0.5) is 0 Å². The van der Waals surface area contributed by atoms with Gasteiger partial charge in [-0.05, 0) is 18.9 Å². The molecule has 5 heterocycles. The fraction of sp³-hybridized carbons (Fsp3) is 0.368. The second kappa shape index (κ2) is 6.43. The minimum absolute atomic E-state index is 0.0288. The maximum atomic E-state index is 13.2. The summed E-state index contributed by atoms with van der Waals surface area (Å²) in [5, 5.41) is 8.27. The van der Waals surface area contributed by atoms with Crippen LogP contribution in [0.2, 0.25) is 5.15 Å². The lowest BCUT2D eigenvalue weighted by atomic mass is 9.96. The lowest BCUT2D eigenvalue weighted by Crippen LogP contribution is -2.37. The Labute approximate surface area is 174 Å². The lowest BCUT2D eigenvalue weighted by molar-refractivity contribution is 0.494. The monoisotopic (exact) mass is 430 g/mol. The number of aryl methyl sites for hydroxylation is 2. The van der Waals surface area contributed by atoms with Gasteiger partial charge in [-0.1, -0.05) is 11.6 Å². The van der Waals surface area contributed by atoms with E-state index >= 15 is 0 Å². The van der Waals surface area contributed by atoms with Crippen LogP contribution in [0, 0.1) is 0 Å². The number of thiazole rings is 1. The standard InChI is InChI=1S/C19H19ClN6O2S/c1-23-8-6-11(22-23)15-13-16(24(2)19(28)25(3)18(13)27)14-10(5-4-7-26(14)15)17-21-12(20)9-29-17/h6,8-10H,4-5,7H2,1-3H3. The number of hydrogen-bond donors (Lipinski definition) is 0. The summed E-state index contributed by atoms with van der Waals surface area (Å²) in [7, 11) is 5.08. The minimum Gasteiger partial charge on any atom is -0.340 e. The number of rotatable bonds is 2. The first-order valence-electron chi connectivity index (χ1n) is 9.31. The van der Waals surface area contributed by atoms with E-state index in [1.807, 2.05) is 24.7 Å². The van der Waals surface area contributed by atoms with Crippen molar-refractivity contribution in [2.24, 2.45) is 21.1 Å². The van der Waals surface area contributed by atoms with Gasteiger partial charge in [0.2, 0.25) is 0 Å². The Kier molecular flexibility index (Phi) is 4.08. The normalized spacial score (nSPS) is 16.5. The van der Waals surface area contributed by atoms with Crippen LogP contribution in [0.25, 0.3) is 22.3 Å². The molecule has 0 N–H and O–H groups in total. The average molecular weight is 431 g/mol. The average Bonchev–Trinajstić information content (AvgIpc) is 3.41. The molecule has 10 heteroatoms. The van der Waals surface area contributed by atoms with Crippen LogP contribution >= 0.6 is 22.9 Å². The largest absolute Gasteiger partial charge is 0.340 e. The van der Waals surface area contributed by atoms with Crippen molar-refractivity contribution < 1.29 is 0 Å². The number of halogens is 1. The van der Waals surface area contributed by atoms with Crippen molar-refractivity contribution in [3.63, 3.8) is 0 Å². The molecule has 0 aromatic carbocycles. The van der Waals surface area contributed by atoms with Gasteiger partial charge >= 0.3 is 5.69 Å². The first-order valence-corrected chi connectivity index (χ1v) is 10.6. The first kappa shape index (κ1) is 18.4. The third kappa shape index (κ3) is 2.57. The molecule has 4 aromatic heterocycles. The van der Waals surface area contributed by atoms with Gasteiger partial charge in [-0.25, -0.2) is 9.78 Å². The van der Waals surface area contributed by atoms with E-state index in [0.717, 1.165) is 46.0 Å². The van der Waals surface area contributed by atoms with E-state index in [1.165, 1.54) is 18.4 Å². The number of aromatic nitrogens is 6. The molecular formula is C19H19ClN6O2S. The molecule has 0 bridgehead atoms. The van der Waals surface area contributed by atoms with Crippen LogP contribution in [0.5, 0.6) is 0 Å². The zero-order valence-corrected chi connectivity index (χ0v) is 17.8. The second-order valence-corrected chi connectivity index (χ2v) is 8.67. The van der Waals surface area contributed by atoms with Crippen molar-refractivity contribution in [3.8, 4) is 11.4 Å². The van der Waals surface area contributed by atoms with Crippen molar-refractivity contribution in [2.45, 2.75) is 25.3 Å². The lowest BCUT2D eigenvalue weighted by Gasteiger charge is -2.25. The summed E-state index contributed by atoms with van der Waals surface area (Å²) in [5.41, 5.74) is 2.44. The smallest absolute Gasteiger partial charge is 0.331 e. The summed E-state index contributed by atoms with van der Waals surface area (Å²) in [4.78, 5) is 30.5. The molecule has 0 saturated carbocycles. The van der Waals surface area contributed by atoms with Crippen LogP contribution < -0.4 is 11.2 Å². The third-order valence-electron chi connectivity index (χ3n) is 5.66. The van der Waals surface area contributed by atoms with Gasteiger partial charge in [0.25, 0.3) is 5.56 Å². The van der Waals surface area contributed by atoms with Gasteiger partial charge in [-0.2, -0.15) is 5.10 Å². The molecule has 0 saturated heterocycles. The molecule has 1 aliphatic rings. The highest BCUT2D eigenvalue weighted by molar-refractivity contribution is 7.10. The van der Waals surface area contributed by atoms with Crippen molar-refractivity contribution in [3.05, 3.63) is 54.3 Å². The van der Waals surface area contributed by atoms with E-state index in [1.54, 1.807) is 16.3 Å². The SMILES string of the molecule is Cn1ccc(-c2c3c(=O)n(C)c(=O)n(C)c3c3n2CCCC3c2nc(Cl)cs2)n1. The van der Waals surface area contributed by atoms with Gasteiger partial charge < -0.3 is 4.57 Å². The fourth-order valence-electron chi connectivity index (χ4n) is 4.39. The van der Waals surface area contributed by atoms with Crippen molar-refractivity contribution in [2.75, 3.05) is 0 Å². The zero-order valence-electron chi connectivity index (χ0n) is 16.2. The van der Waals surface area contributed by atoms with Crippen molar-refractivity contribution in [1.82, 2.24) is 28.5 Å².